The smallest absolute Gasteiger partial charge is 0.326 e. The van der Waals surface area contributed by atoms with E-state index in [0.29, 0.717) is 36.4 Å². The van der Waals surface area contributed by atoms with Crippen LogP contribution in [0.1, 0.15) is 98.3 Å². The Labute approximate surface area is 316 Å². The molecule has 0 radical (unpaired) electrons. The second-order valence-electron chi connectivity index (χ2n) is 14.3. The first-order chi connectivity index (χ1) is 26.4. The van der Waals surface area contributed by atoms with Crippen LogP contribution in [0.5, 0.6) is 0 Å². The van der Waals surface area contributed by atoms with Crippen LogP contribution in [-0.2, 0) is 20.9 Å². The Morgan fingerprint density at radius 1 is 0.815 bits per heavy atom. The Balaban J connectivity index is 1.00. The van der Waals surface area contributed by atoms with Crippen LogP contribution in [0.15, 0.2) is 84.0 Å². The van der Waals surface area contributed by atoms with Crippen LogP contribution in [0.4, 0.5) is 11.4 Å². The van der Waals surface area contributed by atoms with Gasteiger partial charge < -0.3 is 19.1 Å². The average Bonchev–Trinajstić information content (AvgIpc) is 3.43. The molecule has 2 aliphatic heterocycles. The molecule has 0 unspecified atom stereocenters. The summed E-state index contributed by atoms with van der Waals surface area (Å²) in [4.78, 5) is 74.5. The summed E-state index contributed by atoms with van der Waals surface area (Å²) in [6, 6.07) is 18.3. The second-order valence-corrected chi connectivity index (χ2v) is 14.3. The normalized spacial score (nSPS) is 15.5. The van der Waals surface area contributed by atoms with Crippen molar-refractivity contribution < 1.29 is 23.9 Å². The molecule has 0 aliphatic carbocycles. The van der Waals surface area contributed by atoms with Gasteiger partial charge >= 0.3 is 5.97 Å². The number of carbonyl (C=O) groups excluding carboxylic acids is 4. The van der Waals surface area contributed by atoms with E-state index >= 15 is 0 Å². The molecule has 3 amide bonds. The lowest BCUT2D eigenvalue weighted by Crippen LogP contribution is -2.45. The maximum absolute atomic E-state index is 14.4. The number of unbranched alkanes of at least 4 members (excludes halogenated alkanes) is 8. The van der Waals surface area contributed by atoms with Crippen LogP contribution in [0.25, 0.3) is 10.8 Å². The number of carbonyl (C=O) groups is 4. The molecule has 11 nitrogen and oxygen atoms in total. The molecular formula is C43H51N5O6. The number of nitrogens with zero attached hydrogens (tertiary/aromatic N) is 5. The highest BCUT2D eigenvalue weighted by Gasteiger charge is 2.34. The number of piperidine rings is 1. The van der Waals surface area contributed by atoms with Crippen molar-refractivity contribution in [2.75, 3.05) is 42.6 Å². The third-order valence-electron chi connectivity index (χ3n) is 10.6. The quantitative estimate of drug-likeness (QED) is 0.0608. The summed E-state index contributed by atoms with van der Waals surface area (Å²) in [6.07, 6.45) is 15.9. The average molecular weight is 734 g/mol. The van der Waals surface area contributed by atoms with Crippen molar-refractivity contribution in [3.8, 4) is 0 Å². The Morgan fingerprint density at radius 2 is 1.48 bits per heavy atom. The molecule has 6 rings (SSSR count). The highest BCUT2D eigenvalue weighted by Crippen LogP contribution is 2.31. The third kappa shape index (κ3) is 9.24. The molecule has 1 fully saturated rings. The SMILES string of the molecule is CCOC(=O)Cn1cc(N(CCCCCCCCCCCN2C(=O)c3ccccc3C2=O)C(=O)[C@H]2CCCN(c3cncc4ccccc34)C2)ccc1=O. The van der Waals surface area contributed by atoms with Crippen molar-refractivity contribution in [2.24, 2.45) is 5.92 Å². The summed E-state index contributed by atoms with van der Waals surface area (Å²) in [7, 11) is 0. The monoisotopic (exact) mass is 733 g/mol. The van der Waals surface area contributed by atoms with Gasteiger partial charge in [-0.1, -0.05) is 81.3 Å². The minimum absolute atomic E-state index is 0.0236. The maximum atomic E-state index is 14.4. The molecule has 284 valence electrons. The Morgan fingerprint density at radius 3 is 2.20 bits per heavy atom. The van der Waals surface area contributed by atoms with E-state index in [0.717, 1.165) is 93.6 Å². The van der Waals surface area contributed by atoms with Gasteiger partial charge in [0.15, 0.2) is 0 Å². The standard InChI is InChI=1S/C43H51N5O6/c1-2-54-40(50)31-46-30-34(22-23-39(46)49)47(41(51)33-18-16-24-45(29-33)38-28-44-27-32-17-10-11-19-35(32)38)25-14-8-6-4-3-5-7-9-15-26-48-42(52)36-20-12-13-21-37(36)43(48)53/h10-13,17,19-23,27-28,30,33H,2-9,14-16,18,24-26,29,31H2,1H3/t33-/m0/s1. The van der Waals surface area contributed by atoms with Crippen LogP contribution in [0.2, 0.25) is 0 Å². The second kappa shape index (κ2) is 18.6. The lowest BCUT2D eigenvalue weighted by atomic mass is 9.95. The number of fused-ring (bicyclic) bond motifs is 2. The summed E-state index contributed by atoms with van der Waals surface area (Å²) < 4.78 is 6.41. The largest absolute Gasteiger partial charge is 0.465 e. The van der Waals surface area contributed by atoms with Crippen molar-refractivity contribution in [1.29, 1.82) is 0 Å². The number of hydrogen-bond acceptors (Lipinski definition) is 8. The number of pyridine rings is 2. The zero-order valence-electron chi connectivity index (χ0n) is 31.3. The molecule has 4 heterocycles. The number of imide groups is 1. The van der Waals surface area contributed by atoms with Gasteiger partial charge in [0, 0.05) is 55.4 Å². The highest BCUT2D eigenvalue weighted by atomic mass is 16.5. The third-order valence-corrected chi connectivity index (χ3v) is 10.6. The van der Waals surface area contributed by atoms with E-state index in [2.05, 4.69) is 22.0 Å². The highest BCUT2D eigenvalue weighted by molar-refractivity contribution is 6.21. The summed E-state index contributed by atoms with van der Waals surface area (Å²) in [5, 5.41) is 2.18. The van der Waals surface area contributed by atoms with Gasteiger partial charge in [0.2, 0.25) is 5.91 Å². The van der Waals surface area contributed by atoms with Gasteiger partial charge in [-0.05, 0) is 50.8 Å². The number of benzene rings is 2. The molecular weight excluding hydrogens is 683 g/mol. The zero-order chi connectivity index (χ0) is 37.9. The number of esters is 1. The van der Waals surface area contributed by atoms with E-state index in [1.165, 1.54) is 15.5 Å². The number of amides is 3. The summed E-state index contributed by atoms with van der Waals surface area (Å²) in [5.74, 6) is -1.08. The maximum Gasteiger partial charge on any atom is 0.326 e. The molecule has 1 saturated heterocycles. The van der Waals surface area contributed by atoms with Crippen molar-refractivity contribution in [2.45, 2.75) is 84.1 Å². The van der Waals surface area contributed by atoms with E-state index in [1.54, 1.807) is 43.5 Å². The predicted molar refractivity (Wildman–Crippen MR) is 210 cm³/mol. The van der Waals surface area contributed by atoms with E-state index < -0.39 is 5.97 Å². The first kappa shape index (κ1) is 38.4. The van der Waals surface area contributed by atoms with Crippen molar-refractivity contribution in [1.82, 2.24) is 14.5 Å². The van der Waals surface area contributed by atoms with Crippen LogP contribution < -0.4 is 15.4 Å². The van der Waals surface area contributed by atoms with Gasteiger partial charge in [0.25, 0.3) is 17.4 Å². The Hall–Kier alpha value is -5.32. The van der Waals surface area contributed by atoms with Crippen LogP contribution in [-0.4, -0.2) is 70.9 Å². The van der Waals surface area contributed by atoms with Gasteiger partial charge in [-0.15, -0.1) is 0 Å². The van der Waals surface area contributed by atoms with E-state index in [4.69, 9.17) is 4.74 Å². The summed E-state index contributed by atoms with van der Waals surface area (Å²) in [5.41, 5.74) is 2.32. The fourth-order valence-corrected chi connectivity index (χ4v) is 7.70. The van der Waals surface area contributed by atoms with E-state index in [9.17, 15) is 24.0 Å². The first-order valence-electron chi connectivity index (χ1n) is 19.6. The lowest BCUT2D eigenvalue weighted by molar-refractivity contribution is -0.143. The van der Waals surface area contributed by atoms with Crippen LogP contribution in [0.3, 0.4) is 0 Å². The fraction of sp³-hybridized carbons (Fsp3) is 0.442. The number of ether oxygens (including phenoxy) is 1. The number of hydrogen-bond donors (Lipinski definition) is 0. The Bertz CT molecular complexity index is 1970. The van der Waals surface area contributed by atoms with E-state index in [1.807, 2.05) is 29.4 Å². The first-order valence-corrected chi connectivity index (χ1v) is 19.6. The zero-order valence-corrected chi connectivity index (χ0v) is 31.3. The molecule has 54 heavy (non-hydrogen) atoms. The van der Waals surface area contributed by atoms with Gasteiger partial charge in [-0.3, -0.25) is 33.9 Å². The predicted octanol–water partition coefficient (Wildman–Crippen LogP) is 7.02. The summed E-state index contributed by atoms with van der Waals surface area (Å²) in [6.45, 7) is 4.13. The van der Waals surface area contributed by atoms with Crippen molar-refractivity contribution >= 4 is 45.8 Å². The van der Waals surface area contributed by atoms with Crippen LogP contribution >= 0.6 is 0 Å². The molecule has 4 aromatic rings. The van der Waals surface area contributed by atoms with Crippen LogP contribution in [0, 0.1) is 5.92 Å². The number of rotatable bonds is 18. The molecule has 1 atom stereocenters. The molecule has 0 saturated carbocycles. The minimum Gasteiger partial charge on any atom is -0.465 e. The summed E-state index contributed by atoms with van der Waals surface area (Å²) >= 11 is 0. The molecule has 0 bridgehead atoms. The minimum atomic E-state index is -0.496. The van der Waals surface area contributed by atoms with Gasteiger partial charge in [-0.25, -0.2) is 0 Å². The molecule has 2 aromatic heterocycles. The van der Waals surface area contributed by atoms with Gasteiger partial charge in [0.1, 0.15) is 6.54 Å². The molecule has 2 aliphatic rings. The van der Waals surface area contributed by atoms with Crippen molar-refractivity contribution in [3.63, 3.8) is 0 Å². The number of aromatic nitrogens is 2. The Kier molecular flexibility index (Phi) is 13.2. The molecule has 0 spiro atoms. The topological polar surface area (TPSA) is 122 Å². The van der Waals surface area contributed by atoms with Gasteiger partial charge in [0.05, 0.1) is 41.2 Å². The number of anilines is 2. The molecule has 0 N–H and O–H groups in total. The molecule has 11 heteroatoms. The van der Waals surface area contributed by atoms with Crippen molar-refractivity contribution in [3.05, 3.63) is 101 Å². The van der Waals surface area contributed by atoms with E-state index in [-0.39, 0.29) is 42.4 Å². The van der Waals surface area contributed by atoms with Gasteiger partial charge in [-0.2, -0.15) is 0 Å². The molecule has 2 aromatic carbocycles. The lowest BCUT2D eigenvalue weighted by Gasteiger charge is -2.36. The fourth-order valence-electron chi connectivity index (χ4n) is 7.70.